The number of nitrogens with zero attached hydrogens (tertiary/aromatic N) is 2. The standard InChI is InChI=1S/C18H36N4S.HI/c1-16-8-6-12-22(14-16)11-5-4-10-20-17(19-3)21-15-18(2)9-7-13-23-18;/h16H,4-15H2,1-3H3,(H2,19,20,21);1H. The van der Waals surface area contributed by atoms with Crippen molar-refractivity contribution in [3.8, 4) is 0 Å². The van der Waals surface area contributed by atoms with E-state index in [-0.39, 0.29) is 24.0 Å². The van der Waals surface area contributed by atoms with Gasteiger partial charge >= 0.3 is 0 Å². The van der Waals surface area contributed by atoms with Crippen LogP contribution in [-0.4, -0.2) is 61.1 Å². The van der Waals surface area contributed by atoms with Gasteiger partial charge in [0.1, 0.15) is 0 Å². The lowest BCUT2D eigenvalue weighted by molar-refractivity contribution is 0.181. The van der Waals surface area contributed by atoms with E-state index in [0.717, 1.165) is 25.0 Å². The summed E-state index contributed by atoms with van der Waals surface area (Å²) in [4.78, 5) is 6.99. The molecule has 2 heterocycles. The summed E-state index contributed by atoms with van der Waals surface area (Å²) in [5, 5.41) is 6.97. The maximum Gasteiger partial charge on any atom is 0.191 e. The van der Waals surface area contributed by atoms with E-state index in [9.17, 15) is 0 Å². The summed E-state index contributed by atoms with van der Waals surface area (Å²) in [7, 11) is 1.87. The Morgan fingerprint density at radius 1 is 1.29 bits per heavy atom. The lowest BCUT2D eigenvalue weighted by Crippen LogP contribution is -2.44. The van der Waals surface area contributed by atoms with E-state index in [1.54, 1.807) is 0 Å². The number of guanidine groups is 1. The molecule has 6 heteroatoms. The average molecular weight is 468 g/mol. The molecular formula is C18H37IN4S. The number of hydrogen-bond acceptors (Lipinski definition) is 3. The molecular weight excluding hydrogens is 431 g/mol. The maximum absolute atomic E-state index is 4.35. The van der Waals surface area contributed by atoms with Crippen LogP contribution < -0.4 is 10.6 Å². The molecule has 4 nitrogen and oxygen atoms in total. The van der Waals surface area contributed by atoms with Gasteiger partial charge in [-0.05, 0) is 70.2 Å². The molecule has 0 radical (unpaired) electrons. The van der Waals surface area contributed by atoms with Gasteiger partial charge in [0.2, 0.25) is 0 Å². The highest BCUT2D eigenvalue weighted by Gasteiger charge is 2.29. The first-order valence-corrected chi connectivity index (χ1v) is 10.4. The van der Waals surface area contributed by atoms with Crippen LogP contribution in [0, 0.1) is 5.92 Å². The van der Waals surface area contributed by atoms with Crippen molar-refractivity contribution in [3.05, 3.63) is 0 Å². The van der Waals surface area contributed by atoms with Crippen LogP contribution in [0.15, 0.2) is 4.99 Å². The van der Waals surface area contributed by atoms with Crippen LogP contribution in [0.2, 0.25) is 0 Å². The Balaban J connectivity index is 0.00000288. The summed E-state index contributed by atoms with van der Waals surface area (Å²) in [5.74, 6) is 3.16. The topological polar surface area (TPSA) is 39.7 Å². The van der Waals surface area contributed by atoms with Gasteiger partial charge in [0.25, 0.3) is 0 Å². The molecule has 0 aliphatic carbocycles. The van der Waals surface area contributed by atoms with Crippen LogP contribution in [0.4, 0.5) is 0 Å². The van der Waals surface area contributed by atoms with Gasteiger partial charge in [0.05, 0.1) is 0 Å². The van der Waals surface area contributed by atoms with Gasteiger partial charge in [-0.3, -0.25) is 4.99 Å². The predicted molar refractivity (Wildman–Crippen MR) is 119 cm³/mol. The first kappa shape index (κ1) is 22.4. The third-order valence-electron chi connectivity index (χ3n) is 5.09. The molecule has 2 aliphatic rings. The highest BCUT2D eigenvalue weighted by Crippen LogP contribution is 2.36. The Hall–Kier alpha value is 0.310. The monoisotopic (exact) mass is 468 g/mol. The minimum atomic E-state index is 0. The summed E-state index contributed by atoms with van der Waals surface area (Å²) < 4.78 is 0.391. The quantitative estimate of drug-likeness (QED) is 0.260. The lowest BCUT2D eigenvalue weighted by atomic mass is 10.0. The smallest absolute Gasteiger partial charge is 0.191 e. The summed E-state index contributed by atoms with van der Waals surface area (Å²) in [6.07, 6.45) is 7.96. The van der Waals surface area contributed by atoms with Crippen LogP contribution in [0.25, 0.3) is 0 Å². The number of aliphatic imine (C=N–C) groups is 1. The van der Waals surface area contributed by atoms with Gasteiger partial charge in [-0.1, -0.05) is 6.92 Å². The molecule has 142 valence electrons. The van der Waals surface area contributed by atoms with Gasteiger partial charge in [-0.15, -0.1) is 24.0 Å². The van der Waals surface area contributed by atoms with Crippen LogP contribution in [0.3, 0.4) is 0 Å². The minimum absolute atomic E-state index is 0. The highest BCUT2D eigenvalue weighted by molar-refractivity contribution is 14.0. The fourth-order valence-electron chi connectivity index (χ4n) is 3.62. The normalized spacial score (nSPS) is 28.5. The predicted octanol–water partition coefficient (Wildman–Crippen LogP) is 3.57. The number of thioether (sulfide) groups is 1. The summed E-state index contributed by atoms with van der Waals surface area (Å²) >= 11 is 2.09. The van der Waals surface area contributed by atoms with Crippen molar-refractivity contribution in [1.29, 1.82) is 0 Å². The largest absolute Gasteiger partial charge is 0.356 e. The zero-order valence-electron chi connectivity index (χ0n) is 15.8. The molecule has 2 fully saturated rings. The molecule has 2 rings (SSSR count). The number of piperidine rings is 1. The van der Waals surface area contributed by atoms with E-state index < -0.39 is 0 Å². The second-order valence-corrected chi connectivity index (χ2v) is 9.19. The number of halogens is 1. The van der Waals surface area contributed by atoms with Crippen molar-refractivity contribution in [2.24, 2.45) is 10.9 Å². The SMILES string of the molecule is CN=C(NCCCCN1CCCC(C)C1)NCC1(C)CCCS1.I. The molecule has 0 amide bonds. The highest BCUT2D eigenvalue weighted by atomic mass is 127. The molecule has 2 saturated heterocycles. The van der Waals surface area contributed by atoms with E-state index in [2.05, 4.69) is 46.1 Å². The van der Waals surface area contributed by atoms with E-state index >= 15 is 0 Å². The number of likely N-dealkylation sites (tertiary alicyclic amines) is 1. The average Bonchev–Trinajstić information content (AvgIpc) is 2.97. The van der Waals surface area contributed by atoms with Crippen molar-refractivity contribution in [1.82, 2.24) is 15.5 Å². The summed E-state index contributed by atoms with van der Waals surface area (Å²) in [6, 6.07) is 0. The van der Waals surface area contributed by atoms with Crippen LogP contribution >= 0.6 is 35.7 Å². The number of hydrogen-bond donors (Lipinski definition) is 2. The minimum Gasteiger partial charge on any atom is -0.356 e. The third-order valence-corrected chi connectivity index (χ3v) is 6.63. The molecule has 2 N–H and O–H groups in total. The Morgan fingerprint density at radius 3 is 2.79 bits per heavy atom. The van der Waals surface area contributed by atoms with E-state index in [1.807, 2.05) is 7.05 Å². The molecule has 0 saturated carbocycles. The van der Waals surface area contributed by atoms with Gasteiger partial charge in [0.15, 0.2) is 5.96 Å². The zero-order valence-corrected chi connectivity index (χ0v) is 18.9. The van der Waals surface area contributed by atoms with Crippen LogP contribution in [0.5, 0.6) is 0 Å². The first-order chi connectivity index (χ1) is 11.1. The van der Waals surface area contributed by atoms with Crippen LogP contribution in [-0.2, 0) is 0 Å². The fourth-order valence-corrected chi connectivity index (χ4v) is 4.87. The zero-order chi connectivity index (χ0) is 16.5. The molecule has 2 atom stereocenters. The molecule has 0 bridgehead atoms. The van der Waals surface area contributed by atoms with Crippen molar-refractivity contribution in [2.45, 2.75) is 57.1 Å². The van der Waals surface area contributed by atoms with Crippen molar-refractivity contribution in [3.63, 3.8) is 0 Å². The summed E-state index contributed by atoms with van der Waals surface area (Å²) in [5.41, 5.74) is 0. The molecule has 2 unspecified atom stereocenters. The fraction of sp³-hybridized carbons (Fsp3) is 0.944. The van der Waals surface area contributed by atoms with Gasteiger partial charge in [0, 0.05) is 31.4 Å². The Morgan fingerprint density at radius 2 is 2.12 bits per heavy atom. The third kappa shape index (κ3) is 8.13. The molecule has 0 aromatic carbocycles. The Labute approximate surface area is 170 Å². The Kier molecular flexibility index (Phi) is 11.0. The molecule has 0 aromatic heterocycles. The maximum atomic E-state index is 4.35. The Bertz CT molecular complexity index is 372. The molecule has 24 heavy (non-hydrogen) atoms. The second-order valence-electron chi connectivity index (χ2n) is 7.51. The van der Waals surface area contributed by atoms with Crippen molar-refractivity contribution < 1.29 is 0 Å². The molecule has 0 aromatic rings. The van der Waals surface area contributed by atoms with Crippen LogP contribution in [0.1, 0.15) is 52.4 Å². The van der Waals surface area contributed by atoms with Crippen molar-refractivity contribution in [2.75, 3.05) is 45.5 Å². The van der Waals surface area contributed by atoms with E-state index in [0.29, 0.717) is 4.75 Å². The number of unbranched alkanes of at least 4 members (excludes halogenated alkanes) is 1. The second kappa shape index (κ2) is 11.8. The van der Waals surface area contributed by atoms with E-state index in [4.69, 9.17) is 0 Å². The number of nitrogens with one attached hydrogen (secondary N) is 2. The van der Waals surface area contributed by atoms with Gasteiger partial charge < -0.3 is 15.5 Å². The molecule has 0 spiro atoms. The van der Waals surface area contributed by atoms with Gasteiger partial charge in [-0.25, -0.2) is 0 Å². The number of rotatable bonds is 7. The van der Waals surface area contributed by atoms with Gasteiger partial charge in [-0.2, -0.15) is 11.8 Å². The van der Waals surface area contributed by atoms with Crippen molar-refractivity contribution >= 4 is 41.7 Å². The van der Waals surface area contributed by atoms with E-state index in [1.165, 1.54) is 63.9 Å². The first-order valence-electron chi connectivity index (χ1n) is 9.42. The summed E-state index contributed by atoms with van der Waals surface area (Å²) in [6.45, 7) is 10.6. The lowest BCUT2D eigenvalue weighted by Gasteiger charge is -2.30. The molecule has 2 aliphatic heterocycles.